The Morgan fingerprint density at radius 3 is 2.90 bits per heavy atom. The fourth-order valence-corrected chi connectivity index (χ4v) is 1.15. The standard InChI is InChI=1S/C6H8ClFO2/c7-6(9)5(8)4-1-2-10-3-4/h4-5H,1-3H2. The number of carbonyl (C=O) groups is 1. The van der Waals surface area contributed by atoms with Crippen LogP contribution in [0.3, 0.4) is 0 Å². The second-order valence-corrected chi connectivity index (χ2v) is 2.70. The molecule has 2 atom stereocenters. The molecule has 4 heteroatoms. The Bertz CT molecular complexity index is 134. The van der Waals surface area contributed by atoms with E-state index < -0.39 is 11.4 Å². The van der Waals surface area contributed by atoms with Crippen molar-refractivity contribution < 1.29 is 13.9 Å². The van der Waals surface area contributed by atoms with Crippen molar-refractivity contribution in [2.45, 2.75) is 12.6 Å². The van der Waals surface area contributed by atoms with Crippen LogP contribution < -0.4 is 0 Å². The van der Waals surface area contributed by atoms with E-state index in [1.165, 1.54) is 0 Å². The van der Waals surface area contributed by atoms with Crippen molar-refractivity contribution in [3.63, 3.8) is 0 Å². The first-order valence-corrected chi connectivity index (χ1v) is 3.51. The minimum absolute atomic E-state index is 0.315. The molecule has 58 valence electrons. The van der Waals surface area contributed by atoms with Crippen molar-refractivity contribution in [1.82, 2.24) is 0 Å². The zero-order chi connectivity index (χ0) is 7.56. The zero-order valence-corrected chi connectivity index (χ0v) is 6.10. The minimum Gasteiger partial charge on any atom is -0.381 e. The van der Waals surface area contributed by atoms with Crippen molar-refractivity contribution in [3.05, 3.63) is 0 Å². The predicted octanol–water partition coefficient (Wildman–Crippen LogP) is 1.13. The Kier molecular flexibility index (Phi) is 2.63. The molecule has 0 bridgehead atoms. The Balaban J connectivity index is 2.39. The van der Waals surface area contributed by atoms with E-state index in [2.05, 4.69) is 0 Å². The van der Waals surface area contributed by atoms with Gasteiger partial charge in [-0.3, -0.25) is 4.79 Å². The Hall–Kier alpha value is -0.150. The van der Waals surface area contributed by atoms with Gasteiger partial charge in [0, 0.05) is 12.5 Å². The van der Waals surface area contributed by atoms with E-state index in [0.717, 1.165) is 0 Å². The smallest absolute Gasteiger partial charge is 0.256 e. The summed E-state index contributed by atoms with van der Waals surface area (Å²) in [4.78, 5) is 10.3. The molecule has 0 N–H and O–H groups in total. The van der Waals surface area contributed by atoms with Gasteiger partial charge in [0.15, 0.2) is 6.17 Å². The summed E-state index contributed by atoms with van der Waals surface area (Å²) in [5.74, 6) is -0.315. The van der Waals surface area contributed by atoms with Gasteiger partial charge in [-0.25, -0.2) is 4.39 Å². The average molecular weight is 167 g/mol. The van der Waals surface area contributed by atoms with Crippen molar-refractivity contribution in [2.75, 3.05) is 13.2 Å². The van der Waals surface area contributed by atoms with Gasteiger partial charge in [0.1, 0.15) is 0 Å². The van der Waals surface area contributed by atoms with Crippen molar-refractivity contribution in [1.29, 1.82) is 0 Å². The average Bonchev–Trinajstić information content (AvgIpc) is 2.36. The largest absolute Gasteiger partial charge is 0.381 e. The van der Waals surface area contributed by atoms with Gasteiger partial charge in [0.25, 0.3) is 5.24 Å². The third kappa shape index (κ3) is 1.67. The van der Waals surface area contributed by atoms with E-state index in [1.807, 2.05) is 0 Å². The molecule has 0 aromatic carbocycles. The van der Waals surface area contributed by atoms with Gasteiger partial charge in [-0.05, 0) is 18.0 Å². The van der Waals surface area contributed by atoms with E-state index in [0.29, 0.717) is 19.6 Å². The summed E-state index contributed by atoms with van der Waals surface area (Å²) in [5.41, 5.74) is 0. The number of hydrogen-bond donors (Lipinski definition) is 0. The van der Waals surface area contributed by atoms with Gasteiger partial charge in [-0.2, -0.15) is 0 Å². The molecule has 2 nitrogen and oxygen atoms in total. The quantitative estimate of drug-likeness (QED) is 0.575. The van der Waals surface area contributed by atoms with Gasteiger partial charge in [-0.1, -0.05) is 0 Å². The highest BCUT2D eigenvalue weighted by Gasteiger charge is 2.29. The van der Waals surface area contributed by atoms with Crippen LogP contribution in [0, 0.1) is 5.92 Å². The highest BCUT2D eigenvalue weighted by Crippen LogP contribution is 2.20. The predicted molar refractivity (Wildman–Crippen MR) is 34.7 cm³/mol. The van der Waals surface area contributed by atoms with Crippen molar-refractivity contribution in [3.8, 4) is 0 Å². The van der Waals surface area contributed by atoms with Crippen LogP contribution in [-0.4, -0.2) is 24.6 Å². The molecule has 0 aliphatic carbocycles. The summed E-state index contributed by atoms with van der Waals surface area (Å²) in [5, 5.41) is -0.907. The van der Waals surface area contributed by atoms with E-state index in [-0.39, 0.29) is 5.92 Å². The van der Waals surface area contributed by atoms with E-state index in [4.69, 9.17) is 16.3 Å². The topological polar surface area (TPSA) is 26.3 Å². The third-order valence-electron chi connectivity index (χ3n) is 1.60. The summed E-state index contributed by atoms with van der Waals surface area (Å²) >= 11 is 4.94. The van der Waals surface area contributed by atoms with Crippen LogP contribution in [0.5, 0.6) is 0 Å². The number of ether oxygens (including phenoxy) is 1. The molecule has 1 heterocycles. The van der Waals surface area contributed by atoms with Gasteiger partial charge in [0.2, 0.25) is 0 Å². The minimum atomic E-state index is -1.54. The van der Waals surface area contributed by atoms with Crippen molar-refractivity contribution >= 4 is 16.8 Å². The van der Waals surface area contributed by atoms with Crippen molar-refractivity contribution in [2.24, 2.45) is 5.92 Å². The van der Waals surface area contributed by atoms with Gasteiger partial charge in [-0.15, -0.1) is 0 Å². The number of rotatable bonds is 2. The number of carbonyl (C=O) groups excluding carboxylic acids is 1. The maximum absolute atomic E-state index is 12.7. The number of alkyl halides is 1. The van der Waals surface area contributed by atoms with E-state index in [9.17, 15) is 9.18 Å². The fourth-order valence-electron chi connectivity index (χ4n) is 0.969. The van der Waals surface area contributed by atoms with E-state index in [1.54, 1.807) is 0 Å². The number of halogens is 2. The summed E-state index contributed by atoms with van der Waals surface area (Å²) in [6.45, 7) is 0.856. The molecule has 1 rings (SSSR count). The molecule has 1 aliphatic rings. The third-order valence-corrected chi connectivity index (χ3v) is 1.80. The molecule has 1 saturated heterocycles. The maximum atomic E-state index is 12.7. The Labute approximate surface area is 63.3 Å². The summed E-state index contributed by atoms with van der Waals surface area (Å²) in [7, 11) is 0. The molecule has 0 saturated carbocycles. The number of hydrogen-bond acceptors (Lipinski definition) is 2. The van der Waals surface area contributed by atoms with Crippen LogP contribution in [0.25, 0.3) is 0 Å². The molecule has 0 amide bonds. The molecular formula is C6H8ClFO2. The second-order valence-electron chi connectivity index (χ2n) is 2.33. The molecular weight excluding hydrogens is 159 g/mol. The lowest BCUT2D eigenvalue weighted by atomic mass is 10.0. The summed E-state index contributed by atoms with van der Waals surface area (Å²) in [6, 6.07) is 0. The van der Waals surface area contributed by atoms with Crippen LogP contribution in [0.1, 0.15) is 6.42 Å². The maximum Gasteiger partial charge on any atom is 0.256 e. The molecule has 0 aromatic rings. The van der Waals surface area contributed by atoms with Gasteiger partial charge in [0.05, 0.1) is 6.61 Å². The lowest BCUT2D eigenvalue weighted by Crippen LogP contribution is -2.21. The molecule has 1 fully saturated rings. The molecule has 10 heavy (non-hydrogen) atoms. The SMILES string of the molecule is O=C(Cl)C(F)C1CCOC1. The van der Waals surface area contributed by atoms with Crippen LogP contribution in [0.15, 0.2) is 0 Å². The van der Waals surface area contributed by atoms with Crippen LogP contribution in [0.4, 0.5) is 4.39 Å². The highest BCUT2D eigenvalue weighted by molar-refractivity contribution is 6.64. The molecule has 0 radical (unpaired) electrons. The van der Waals surface area contributed by atoms with Crippen LogP contribution in [0.2, 0.25) is 0 Å². The monoisotopic (exact) mass is 166 g/mol. The Morgan fingerprint density at radius 2 is 2.50 bits per heavy atom. The summed E-state index contributed by atoms with van der Waals surface area (Å²) < 4.78 is 17.5. The van der Waals surface area contributed by atoms with Gasteiger partial charge >= 0.3 is 0 Å². The van der Waals surface area contributed by atoms with E-state index >= 15 is 0 Å². The zero-order valence-electron chi connectivity index (χ0n) is 5.35. The molecule has 2 unspecified atom stereocenters. The molecule has 0 aromatic heterocycles. The Morgan fingerprint density at radius 1 is 1.80 bits per heavy atom. The van der Waals surface area contributed by atoms with Gasteiger partial charge < -0.3 is 4.74 Å². The van der Waals surface area contributed by atoms with Crippen LogP contribution in [-0.2, 0) is 9.53 Å². The molecule has 0 spiro atoms. The first kappa shape index (κ1) is 7.95. The molecule has 1 aliphatic heterocycles. The lowest BCUT2D eigenvalue weighted by molar-refractivity contribution is -0.117. The normalized spacial score (nSPS) is 28.4. The first-order chi connectivity index (χ1) is 4.72. The highest BCUT2D eigenvalue weighted by atomic mass is 35.5. The second kappa shape index (κ2) is 3.30. The van der Waals surface area contributed by atoms with Crippen LogP contribution >= 0.6 is 11.6 Å². The summed E-state index contributed by atoms with van der Waals surface area (Å²) in [6.07, 6.45) is -0.941. The fraction of sp³-hybridized carbons (Fsp3) is 0.833. The lowest BCUT2D eigenvalue weighted by Gasteiger charge is -2.07. The first-order valence-electron chi connectivity index (χ1n) is 3.13.